The summed E-state index contributed by atoms with van der Waals surface area (Å²) < 4.78 is 20.7. The lowest BCUT2D eigenvalue weighted by molar-refractivity contribution is 0.412. The summed E-state index contributed by atoms with van der Waals surface area (Å²) >= 11 is 3.27. The molecule has 74 valence electrons. The molecule has 0 saturated heterocycles. The molecule has 0 radical (unpaired) electrons. The van der Waals surface area contributed by atoms with E-state index >= 15 is 0 Å². The van der Waals surface area contributed by atoms with Crippen molar-refractivity contribution < 1.29 is 9.13 Å². The lowest BCUT2D eigenvalue weighted by Gasteiger charge is -1.99. The molecule has 0 spiro atoms. The zero-order chi connectivity index (χ0) is 10.3. The average Bonchev–Trinajstić information content (AvgIpc) is 2.43. The fourth-order valence-corrected chi connectivity index (χ4v) is 1.81. The molecule has 0 amide bonds. The summed E-state index contributed by atoms with van der Waals surface area (Å²) in [5, 5.41) is 4.61. The molecule has 2 rings (SSSR count). The molecule has 1 aromatic heterocycles. The van der Waals surface area contributed by atoms with Gasteiger partial charge in [-0.1, -0.05) is 0 Å². The van der Waals surface area contributed by atoms with Crippen molar-refractivity contribution in [2.75, 3.05) is 7.11 Å². The van der Waals surface area contributed by atoms with Crippen molar-refractivity contribution in [3.8, 4) is 5.75 Å². The van der Waals surface area contributed by atoms with Crippen LogP contribution in [0, 0.1) is 5.82 Å². The number of ether oxygens (including phenoxy) is 1. The Kier molecular flexibility index (Phi) is 2.19. The molecule has 3 nitrogen and oxygen atoms in total. The Bertz CT molecular complexity index is 495. The second-order valence-electron chi connectivity index (χ2n) is 2.92. The van der Waals surface area contributed by atoms with E-state index in [9.17, 15) is 4.39 Å². The van der Waals surface area contributed by atoms with Crippen LogP contribution >= 0.6 is 15.9 Å². The Balaban J connectivity index is 2.83. The highest BCUT2D eigenvalue weighted by Crippen LogP contribution is 2.29. The monoisotopic (exact) mass is 258 g/mol. The maximum Gasteiger partial charge on any atom is 0.139 e. The molecular formula is C9H8BrFN2O. The van der Waals surface area contributed by atoms with Crippen molar-refractivity contribution in [3.05, 3.63) is 22.6 Å². The molecule has 0 saturated carbocycles. The molecule has 1 heterocycles. The molecular weight excluding hydrogens is 251 g/mol. The van der Waals surface area contributed by atoms with E-state index in [1.165, 1.54) is 13.2 Å². The van der Waals surface area contributed by atoms with Gasteiger partial charge in [0.2, 0.25) is 0 Å². The lowest BCUT2D eigenvalue weighted by atomic mass is 10.2. The third-order valence-corrected chi connectivity index (χ3v) is 2.94. The zero-order valence-electron chi connectivity index (χ0n) is 7.71. The molecule has 0 unspecified atom stereocenters. The number of hydrogen-bond donors (Lipinski definition) is 0. The standard InChI is InChI=1S/C9H8BrFN2O/c1-13-9(10)8-6(11)3-5(14-2)4-7(8)12-13/h3-4H,1-2H3. The fourth-order valence-electron chi connectivity index (χ4n) is 1.34. The SMILES string of the molecule is COc1cc(F)c2c(Br)n(C)nc2c1. The molecule has 5 heteroatoms. The minimum Gasteiger partial charge on any atom is -0.497 e. The minimum atomic E-state index is -0.334. The van der Waals surface area contributed by atoms with Crippen molar-refractivity contribution in [2.45, 2.75) is 0 Å². The number of methoxy groups -OCH3 is 1. The minimum absolute atomic E-state index is 0.334. The van der Waals surface area contributed by atoms with Crippen LogP contribution < -0.4 is 4.74 Å². The number of fused-ring (bicyclic) bond motifs is 1. The van der Waals surface area contributed by atoms with E-state index < -0.39 is 0 Å². The highest BCUT2D eigenvalue weighted by atomic mass is 79.9. The molecule has 1 aromatic carbocycles. The summed E-state index contributed by atoms with van der Waals surface area (Å²) in [6.45, 7) is 0. The molecule has 0 aliphatic rings. The van der Waals surface area contributed by atoms with Crippen LogP contribution in [0.3, 0.4) is 0 Å². The van der Waals surface area contributed by atoms with E-state index in [1.807, 2.05) is 0 Å². The van der Waals surface area contributed by atoms with Crippen molar-refractivity contribution >= 4 is 26.8 Å². The van der Waals surface area contributed by atoms with Gasteiger partial charge in [-0.05, 0) is 15.9 Å². The van der Waals surface area contributed by atoms with Crippen LogP contribution in [-0.2, 0) is 7.05 Å². The lowest BCUT2D eigenvalue weighted by Crippen LogP contribution is -1.88. The van der Waals surface area contributed by atoms with Gasteiger partial charge in [0.15, 0.2) is 0 Å². The van der Waals surface area contributed by atoms with Gasteiger partial charge in [-0.25, -0.2) is 4.39 Å². The highest BCUT2D eigenvalue weighted by molar-refractivity contribution is 9.10. The van der Waals surface area contributed by atoms with Crippen molar-refractivity contribution in [2.24, 2.45) is 7.05 Å². The molecule has 14 heavy (non-hydrogen) atoms. The van der Waals surface area contributed by atoms with Gasteiger partial charge in [0, 0.05) is 19.2 Å². The van der Waals surface area contributed by atoms with Gasteiger partial charge in [-0.3, -0.25) is 4.68 Å². The first-order valence-corrected chi connectivity index (χ1v) is 4.78. The fraction of sp³-hybridized carbons (Fsp3) is 0.222. The van der Waals surface area contributed by atoms with Crippen LogP contribution in [0.2, 0.25) is 0 Å². The molecule has 0 fully saturated rings. The van der Waals surface area contributed by atoms with Crippen LogP contribution in [0.5, 0.6) is 5.75 Å². The second-order valence-corrected chi connectivity index (χ2v) is 3.67. The van der Waals surface area contributed by atoms with Crippen molar-refractivity contribution in [1.82, 2.24) is 9.78 Å². The Morgan fingerprint density at radius 2 is 2.21 bits per heavy atom. The van der Waals surface area contributed by atoms with E-state index in [2.05, 4.69) is 21.0 Å². The van der Waals surface area contributed by atoms with Crippen LogP contribution in [-0.4, -0.2) is 16.9 Å². The Hall–Kier alpha value is -1.10. The number of hydrogen-bond acceptors (Lipinski definition) is 2. The first-order valence-electron chi connectivity index (χ1n) is 3.99. The number of aromatic nitrogens is 2. The first kappa shape index (κ1) is 9.45. The molecule has 0 atom stereocenters. The zero-order valence-corrected chi connectivity index (χ0v) is 9.30. The molecule has 0 aliphatic carbocycles. The number of aryl methyl sites for hydroxylation is 1. The predicted octanol–water partition coefficient (Wildman–Crippen LogP) is 2.48. The number of rotatable bonds is 1. The van der Waals surface area contributed by atoms with Gasteiger partial charge >= 0.3 is 0 Å². The average molecular weight is 259 g/mol. The van der Waals surface area contributed by atoms with Gasteiger partial charge in [0.05, 0.1) is 12.5 Å². The summed E-state index contributed by atoms with van der Waals surface area (Å²) in [5.41, 5.74) is 0.580. The maximum absolute atomic E-state index is 13.5. The topological polar surface area (TPSA) is 27.1 Å². The van der Waals surface area contributed by atoms with Crippen LogP contribution in [0.4, 0.5) is 4.39 Å². The Labute approximate surface area is 88.6 Å². The largest absolute Gasteiger partial charge is 0.497 e. The van der Waals surface area contributed by atoms with E-state index in [0.717, 1.165) is 0 Å². The van der Waals surface area contributed by atoms with E-state index in [4.69, 9.17) is 4.74 Å². The predicted molar refractivity (Wildman–Crippen MR) is 54.9 cm³/mol. The van der Waals surface area contributed by atoms with Crippen LogP contribution in [0.25, 0.3) is 10.9 Å². The van der Waals surface area contributed by atoms with Gasteiger partial charge < -0.3 is 4.74 Å². The van der Waals surface area contributed by atoms with E-state index in [1.54, 1.807) is 17.8 Å². The van der Waals surface area contributed by atoms with Gasteiger partial charge in [0.1, 0.15) is 21.7 Å². The molecule has 0 N–H and O–H groups in total. The number of nitrogens with zero attached hydrogens (tertiary/aromatic N) is 2. The van der Waals surface area contributed by atoms with Gasteiger partial charge in [-0.15, -0.1) is 0 Å². The molecule has 0 aliphatic heterocycles. The third-order valence-electron chi connectivity index (χ3n) is 2.03. The van der Waals surface area contributed by atoms with E-state index in [-0.39, 0.29) is 5.82 Å². The summed E-state index contributed by atoms with van der Waals surface area (Å²) in [6, 6.07) is 3.04. The molecule has 0 bridgehead atoms. The van der Waals surface area contributed by atoms with Crippen molar-refractivity contribution in [3.63, 3.8) is 0 Å². The quantitative estimate of drug-likeness (QED) is 0.786. The van der Waals surface area contributed by atoms with Gasteiger partial charge in [-0.2, -0.15) is 5.10 Å². The highest BCUT2D eigenvalue weighted by Gasteiger charge is 2.12. The third kappa shape index (κ3) is 1.28. The van der Waals surface area contributed by atoms with Crippen LogP contribution in [0.15, 0.2) is 16.7 Å². The number of halogens is 2. The molecule has 2 aromatic rings. The summed E-state index contributed by atoms with van der Waals surface area (Å²) in [7, 11) is 3.24. The van der Waals surface area contributed by atoms with Crippen molar-refractivity contribution in [1.29, 1.82) is 0 Å². The summed E-state index contributed by atoms with van der Waals surface area (Å²) in [4.78, 5) is 0. The summed E-state index contributed by atoms with van der Waals surface area (Å²) in [5.74, 6) is 0.139. The summed E-state index contributed by atoms with van der Waals surface area (Å²) in [6.07, 6.45) is 0. The van der Waals surface area contributed by atoms with Crippen LogP contribution in [0.1, 0.15) is 0 Å². The van der Waals surface area contributed by atoms with E-state index in [0.29, 0.717) is 21.3 Å². The Morgan fingerprint density at radius 1 is 1.50 bits per heavy atom. The number of benzene rings is 1. The Morgan fingerprint density at radius 3 is 2.86 bits per heavy atom. The maximum atomic E-state index is 13.5. The first-order chi connectivity index (χ1) is 6.63. The van der Waals surface area contributed by atoms with Gasteiger partial charge in [0.25, 0.3) is 0 Å². The second kappa shape index (κ2) is 3.24. The smallest absolute Gasteiger partial charge is 0.139 e. The normalized spacial score (nSPS) is 10.9.